The predicted molar refractivity (Wildman–Crippen MR) is 96.4 cm³/mol. The Morgan fingerprint density at radius 2 is 1.96 bits per heavy atom. The lowest BCUT2D eigenvalue weighted by molar-refractivity contribution is 0.122. The molecule has 4 rings (SSSR count). The molecule has 1 saturated heterocycles. The first-order valence-electron chi connectivity index (χ1n) is 8.13. The molecule has 23 heavy (non-hydrogen) atoms. The van der Waals surface area contributed by atoms with E-state index in [1.54, 1.807) is 11.3 Å². The van der Waals surface area contributed by atoms with Crippen LogP contribution < -0.4 is 4.90 Å². The Bertz CT molecular complexity index is 830. The fraction of sp³-hybridized carbons (Fsp3) is 0.471. The standard InChI is InChI=1S/C17H22N4OS/c1-12(22)11-20-7-9-21(10-8-20)17-18-16-15(19(17)2)13-5-3-4-6-14(13)23-16/h3-6,12,22H,7-11H2,1-2H3. The summed E-state index contributed by atoms with van der Waals surface area (Å²) in [4.78, 5) is 10.7. The molecule has 1 fully saturated rings. The fourth-order valence-corrected chi connectivity index (χ4v) is 4.57. The van der Waals surface area contributed by atoms with E-state index in [1.165, 1.54) is 15.6 Å². The lowest BCUT2D eigenvalue weighted by Gasteiger charge is -2.35. The van der Waals surface area contributed by atoms with Crippen LogP contribution >= 0.6 is 11.3 Å². The van der Waals surface area contributed by atoms with E-state index in [4.69, 9.17) is 4.98 Å². The number of benzene rings is 1. The number of fused-ring (bicyclic) bond motifs is 3. The highest BCUT2D eigenvalue weighted by atomic mass is 32.1. The van der Waals surface area contributed by atoms with Gasteiger partial charge in [-0.1, -0.05) is 18.2 Å². The van der Waals surface area contributed by atoms with Gasteiger partial charge >= 0.3 is 0 Å². The van der Waals surface area contributed by atoms with Crippen LogP contribution in [0.4, 0.5) is 5.95 Å². The number of imidazole rings is 1. The van der Waals surface area contributed by atoms with Gasteiger partial charge in [0.25, 0.3) is 0 Å². The second-order valence-electron chi connectivity index (χ2n) is 6.36. The third kappa shape index (κ3) is 2.60. The van der Waals surface area contributed by atoms with Crippen molar-refractivity contribution in [3.05, 3.63) is 24.3 Å². The van der Waals surface area contributed by atoms with Crippen molar-refractivity contribution in [2.75, 3.05) is 37.6 Å². The van der Waals surface area contributed by atoms with Gasteiger partial charge in [-0.15, -0.1) is 11.3 Å². The Morgan fingerprint density at radius 1 is 1.22 bits per heavy atom. The first kappa shape index (κ1) is 14.9. The maximum absolute atomic E-state index is 9.53. The van der Waals surface area contributed by atoms with Gasteiger partial charge in [-0.05, 0) is 13.0 Å². The first-order valence-corrected chi connectivity index (χ1v) is 8.94. The molecule has 1 aromatic carbocycles. The van der Waals surface area contributed by atoms with E-state index in [2.05, 4.69) is 45.7 Å². The van der Waals surface area contributed by atoms with Crippen molar-refractivity contribution in [3.63, 3.8) is 0 Å². The smallest absolute Gasteiger partial charge is 0.207 e. The van der Waals surface area contributed by atoms with E-state index < -0.39 is 0 Å². The SMILES string of the molecule is CC(O)CN1CCN(c2nc3sc4ccccc4c3n2C)CC1. The second kappa shape index (κ2) is 5.78. The molecule has 0 bridgehead atoms. The van der Waals surface area contributed by atoms with Gasteiger partial charge in [-0.2, -0.15) is 0 Å². The van der Waals surface area contributed by atoms with Gasteiger partial charge in [0, 0.05) is 49.9 Å². The molecule has 0 amide bonds. The lowest BCUT2D eigenvalue weighted by Crippen LogP contribution is -2.49. The molecule has 3 heterocycles. The normalized spacial score (nSPS) is 18.1. The molecule has 0 radical (unpaired) electrons. The monoisotopic (exact) mass is 330 g/mol. The Kier molecular flexibility index (Phi) is 3.75. The van der Waals surface area contributed by atoms with E-state index in [-0.39, 0.29) is 6.10 Å². The molecule has 1 N–H and O–H groups in total. The summed E-state index contributed by atoms with van der Waals surface area (Å²) in [5, 5.41) is 10.8. The minimum absolute atomic E-state index is 0.258. The maximum atomic E-state index is 9.53. The number of aryl methyl sites for hydroxylation is 1. The zero-order valence-electron chi connectivity index (χ0n) is 13.6. The third-order valence-corrected chi connectivity index (χ3v) is 5.62. The zero-order valence-corrected chi connectivity index (χ0v) is 14.4. The zero-order chi connectivity index (χ0) is 16.0. The van der Waals surface area contributed by atoms with E-state index in [9.17, 15) is 5.11 Å². The molecule has 2 aromatic heterocycles. The molecule has 0 spiro atoms. The summed E-state index contributed by atoms with van der Waals surface area (Å²) < 4.78 is 3.53. The maximum Gasteiger partial charge on any atom is 0.207 e. The highest BCUT2D eigenvalue weighted by Gasteiger charge is 2.23. The molecule has 122 valence electrons. The van der Waals surface area contributed by atoms with Crippen LogP contribution in [-0.2, 0) is 7.05 Å². The Morgan fingerprint density at radius 3 is 2.70 bits per heavy atom. The number of aliphatic hydroxyl groups excluding tert-OH is 1. The van der Waals surface area contributed by atoms with Crippen molar-refractivity contribution in [1.29, 1.82) is 0 Å². The average molecular weight is 330 g/mol. The van der Waals surface area contributed by atoms with Crippen molar-refractivity contribution < 1.29 is 5.11 Å². The number of hydrogen-bond donors (Lipinski definition) is 1. The van der Waals surface area contributed by atoms with E-state index in [0.29, 0.717) is 0 Å². The van der Waals surface area contributed by atoms with Gasteiger partial charge in [0.15, 0.2) is 0 Å². The van der Waals surface area contributed by atoms with Gasteiger partial charge in [-0.25, -0.2) is 4.98 Å². The van der Waals surface area contributed by atoms with Gasteiger partial charge in [0.1, 0.15) is 4.83 Å². The number of anilines is 1. The molecule has 0 aliphatic carbocycles. The van der Waals surface area contributed by atoms with E-state index >= 15 is 0 Å². The van der Waals surface area contributed by atoms with Crippen molar-refractivity contribution in [2.24, 2.45) is 7.05 Å². The second-order valence-corrected chi connectivity index (χ2v) is 7.39. The average Bonchev–Trinajstić information content (AvgIpc) is 3.04. The molecule has 5 nitrogen and oxygen atoms in total. The summed E-state index contributed by atoms with van der Waals surface area (Å²) in [6.07, 6.45) is -0.258. The lowest BCUT2D eigenvalue weighted by atomic mass is 10.2. The van der Waals surface area contributed by atoms with Crippen molar-refractivity contribution >= 4 is 37.7 Å². The summed E-state index contributed by atoms with van der Waals surface area (Å²) in [5.74, 6) is 1.06. The summed E-state index contributed by atoms with van der Waals surface area (Å²) in [6, 6.07) is 8.52. The van der Waals surface area contributed by atoms with Crippen molar-refractivity contribution in [3.8, 4) is 0 Å². The van der Waals surface area contributed by atoms with Gasteiger partial charge in [-0.3, -0.25) is 4.90 Å². The van der Waals surface area contributed by atoms with E-state index in [0.717, 1.165) is 43.5 Å². The number of β-amino-alcohol motifs (C(OH)–C–C–N with tert-alkyl or cyclic N) is 1. The molecule has 1 aliphatic heterocycles. The Hall–Kier alpha value is -1.63. The molecule has 1 atom stereocenters. The molecule has 6 heteroatoms. The molecular formula is C17H22N4OS. The molecule has 1 aliphatic rings. The van der Waals surface area contributed by atoms with Gasteiger partial charge in [0.05, 0.1) is 11.6 Å². The largest absolute Gasteiger partial charge is 0.392 e. The number of aliphatic hydroxyl groups is 1. The number of aromatic nitrogens is 2. The Balaban J connectivity index is 1.62. The number of hydrogen-bond acceptors (Lipinski definition) is 5. The summed E-state index contributed by atoms with van der Waals surface area (Å²) in [5.41, 5.74) is 1.24. The number of nitrogens with zero attached hydrogens (tertiary/aromatic N) is 4. The van der Waals surface area contributed by atoms with Crippen LogP contribution in [0.15, 0.2) is 24.3 Å². The highest BCUT2D eigenvalue weighted by molar-refractivity contribution is 7.25. The predicted octanol–water partition coefficient (Wildman–Crippen LogP) is 2.29. The highest BCUT2D eigenvalue weighted by Crippen LogP contribution is 2.35. The summed E-state index contributed by atoms with van der Waals surface area (Å²) >= 11 is 1.77. The topological polar surface area (TPSA) is 44.5 Å². The quantitative estimate of drug-likeness (QED) is 0.800. The summed E-state index contributed by atoms with van der Waals surface area (Å²) in [7, 11) is 2.12. The minimum Gasteiger partial charge on any atom is -0.392 e. The van der Waals surface area contributed by atoms with Crippen LogP contribution in [0.25, 0.3) is 20.4 Å². The summed E-state index contributed by atoms with van der Waals surface area (Å²) in [6.45, 7) is 6.49. The van der Waals surface area contributed by atoms with Gasteiger partial charge < -0.3 is 14.6 Å². The van der Waals surface area contributed by atoms with Crippen LogP contribution in [0, 0.1) is 0 Å². The van der Waals surface area contributed by atoms with Crippen LogP contribution in [0.2, 0.25) is 0 Å². The van der Waals surface area contributed by atoms with Crippen LogP contribution in [-0.4, -0.2) is 58.4 Å². The van der Waals surface area contributed by atoms with Crippen molar-refractivity contribution in [2.45, 2.75) is 13.0 Å². The van der Waals surface area contributed by atoms with Crippen LogP contribution in [0.5, 0.6) is 0 Å². The van der Waals surface area contributed by atoms with Gasteiger partial charge in [0.2, 0.25) is 5.95 Å². The third-order valence-electron chi connectivity index (χ3n) is 4.57. The molecular weight excluding hydrogens is 308 g/mol. The van der Waals surface area contributed by atoms with E-state index in [1.807, 2.05) is 6.92 Å². The number of thiophene rings is 1. The van der Waals surface area contributed by atoms with Crippen LogP contribution in [0.1, 0.15) is 6.92 Å². The molecule has 0 saturated carbocycles. The number of rotatable bonds is 3. The fourth-order valence-electron chi connectivity index (χ4n) is 3.47. The number of piperazine rings is 1. The minimum atomic E-state index is -0.258. The first-order chi connectivity index (χ1) is 11.1. The molecule has 3 aromatic rings. The van der Waals surface area contributed by atoms with Crippen LogP contribution in [0.3, 0.4) is 0 Å². The van der Waals surface area contributed by atoms with Crippen molar-refractivity contribution in [1.82, 2.24) is 14.5 Å². The molecule has 1 unspecified atom stereocenters. The Labute approximate surface area is 139 Å².